The van der Waals surface area contributed by atoms with Gasteiger partial charge in [0.05, 0.1) is 5.69 Å². The minimum atomic E-state index is -0.0826. The molecule has 0 saturated carbocycles. The molecule has 1 heteroatoms. The maximum Gasteiger partial charge on any atom is 0.0742 e. The van der Waals surface area contributed by atoms with Crippen molar-refractivity contribution in [2.24, 2.45) is 0 Å². The number of hydrogen-bond donors (Lipinski definition) is 0. The molecule has 2 aromatic carbocycles. The molecule has 0 saturated heterocycles. The summed E-state index contributed by atoms with van der Waals surface area (Å²) in [5.41, 5.74) is 7.93. The van der Waals surface area contributed by atoms with Gasteiger partial charge in [0, 0.05) is 17.2 Å². The first-order chi connectivity index (χ1) is 12.2. The molecular weight excluding hydrogens is 302 g/mol. The van der Waals surface area contributed by atoms with Crippen LogP contribution in [0.5, 0.6) is 0 Å². The quantitative estimate of drug-likeness (QED) is 0.579. The fraction of sp³-hybridized carbons (Fsp3) is 0.292. The van der Waals surface area contributed by atoms with Crippen molar-refractivity contribution in [1.82, 2.24) is 4.98 Å². The number of benzene rings is 2. The Bertz CT molecular complexity index is 878. The molecule has 126 valence electrons. The van der Waals surface area contributed by atoms with E-state index in [0.29, 0.717) is 0 Å². The van der Waals surface area contributed by atoms with E-state index in [-0.39, 0.29) is 5.41 Å². The molecule has 0 N–H and O–H groups in total. The van der Waals surface area contributed by atoms with Crippen LogP contribution in [-0.4, -0.2) is 4.98 Å². The highest BCUT2D eigenvalue weighted by atomic mass is 14.7. The molecule has 0 aliphatic heterocycles. The Morgan fingerprint density at radius 2 is 1.56 bits per heavy atom. The maximum atomic E-state index is 4.79. The summed E-state index contributed by atoms with van der Waals surface area (Å²) in [5, 5.41) is 0. The number of aryl methyl sites for hydroxylation is 2. The largest absolute Gasteiger partial charge is 0.256 e. The number of fused-ring (bicyclic) bond motifs is 1. The van der Waals surface area contributed by atoms with Gasteiger partial charge >= 0.3 is 0 Å². The Hall–Kier alpha value is -2.41. The lowest BCUT2D eigenvalue weighted by atomic mass is 9.76. The van der Waals surface area contributed by atoms with Crippen LogP contribution in [0.25, 0.3) is 11.3 Å². The highest BCUT2D eigenvalue weighted by Crippen LogP contribution is 2.37. The molecule has 1 aromatic heterocycles. The lowest BCUT2D eigenvalue weighted by Gasteiger charge is -2.28. The van der Waals surface area contributed by atoms with Crippen LogP contribution >= 0.6 is 0 Å². The molecule has 0 atom stereocenters. The van der Waals surface area contributed by atoms with Gasteiger partial charge in [-0.05, 0) is 60.1 Å². The van der Waals surface area contributed by atoms with Gasteiger partial charge in [-0.2, -0.15) is 0 Å². The molecule has 1 aliphatic rings. The van der Waals surface area contributed by atoms with E-state index in [1.54, 1.807) is 0 Å². The smallest absolute Gasteiger partial charge is 0.0742 e. The van der Waals surface area contributed by atoms with Crippen LogP contribution in [-0.2, 0) is 18.3 Å². The fourth-order valence-corrected chi connectivity index (χ4v) is 4.03. The second-order valence-corrected chi connectivity index (χ2v) is 7.58. The topological polar surface area (TPSA) is 12.9 Å². The van der Waals surface area contributed by atoms with Gasteiger partial charge in [-0.25, -0.2) is 0 Å². The Balaban J connectivity index is 1.82. The molecule has 0 fully saturated rings. The van der Waals surface area contributed by atoms with Gasteiger partial charge in [0.2, 0.25) is 0 Å². The van der Waals surface area contributed by atoms with Crippen LogP contribution in [0.4, 0.5) is 0 Å². The summed E-state index contributed by atoms with van der Waals surface area (Å²) in [7, 11) is 0. The molecule has 1 aliphatic carbocycles. The van der Waals surface area contributed by atoms with E-state index in [1.165, 1.54) is 53.5 Å². The average molecular weight is 327 g/mol. The number of rotatable bonds is 3. The highest BCUT2D eigenvalue weighted by molar-refractivity contribution is 5.67. The minimum Gasteiger partial charge on any atom is -0.256 e. The molecule has 4 rings (SSSR count). The lowest BCUT2D eigenvalue weighted by Crippen LogP contribution is -2.20. The zero-order valence-corrected chi connectivity index (χ0v) is 15.1. The summed E-state index contributed by atoms with van der Waals surface area (Å²) in [5.74, 6) is 0. The molecule has 25 heavy (non-hydrogen) atoms. The van der Waals surface area contributed by atoms with Gasteiger partial charge in [-0.3, -0.25) is 4.98 Å². The van der Waals surface area contributed by atoms with Crippen molar-refractivity contribution in [1.29, 1.82) is 0 Å². The van der Waals surface area contributed by atoms with E-state index in [2.05, 4.69) is 74.5 Å². The molecule has 0 bridgehead atoms. The summed E-state index contributed by atoms with van der Waals surface area (Å²) in [6, 6.07) is 22.0. The Morgan fingerprint density at radius 3 is 2.36 bits per heavy atom. The molecular formula is C24H25N. The number of aromatic nitrogens is 1. The van der Waals surface area contributed by atoms with Gasteiger partial charge in [0.25, 0.3) is 0 Å². The van der Waals surface area contributed by atoms with Gasteiger partial charge in [0.1, 0.15) is 0 Å². The Morgan fingerprint density at radius 1 is 0.800 bits per heavy atom. The van der Waals surface area contributed by atoms with Crippen molar-refractivity contribution in [2.45, 2.75) is 44.9 Å². The van der Waals surface area contributed by atoms with Gasteiger partial charge in [-0.15, -0.1) is 0 Å². The number of nitrogens with zero attached hydrogens (tertiary/aromatic N) is 1. The molecule has 0 amide bonds. The normalized spacial score (nSPS) is 14.2. The Kier molecular flexibility index (Phi) is 4.17. The fourth-order valence-electron chi connectivity index (χ4n) is 4.03. The van der Waals surface area contributed by atoms with Gasteiger partial charge in [-0.1, -0.05) is 62.4 Å². The third kappa shape index (κ3) is 3.00. The highest BCUT2D eigenvalue weighted by Gasteiger charge is 2.27. The van der Waals surface area contributed by atoms with Crippen LogP contribution in [0.2, 0.25) is 0 Å². The van der Waals surface area contributed by atoms with Gasteiger partial charge < -0.3 is 0 Å². The number of pyridine rings is 1. The minimum absolute atomic E-state index is 0.0826. The molecule has 0 radical (unpaired) electrons. The first kappa shape index (κ1) is 16.1. The van der Waals surface area contributed by atoms with Crippen LogP contribution < -0.4 is 0 Å². The number of hydrogen-bond acceptors (Lipinski definition) is 1. The van der Waals surface area contributed by atoms with E-state index in [9.17, 15) is 0 Å². The molecule has 0 unspecified atom stereocenters. The second-order valence-electron chi connectivity index (χ2n) is 7.58. The van der Waals surface area contributed by atoms with Crippen molar-refractivity contribution in [3.8, 4) is 11.3 Å². The van der Waals surface area contributed by atoms with E-state index in [0.717, 1.165) is 5.69 Å². The van der Waals surface area contributed by atoms with Crippen molar-refractivity contribution in [2.75, 3.05) is 0 Å². The predicted octanol–water partition coefficient (Wildman–Crippen LogP) is 5.95. The van der Waals surface area contributed by atoms with E-state index >= 15 is 0 Å². The van der Waals surface area contributed by atoms with Crippen molar-refractivity contribution >= 4 is 0 Å². The molecule has 1 heterocycles. The van der Waals surface area contributed by atoms with Crippen LogP contribution in [0.1, 0.15) is 48.9 Å². The SMILES string of the molecule is CC(C)(c1ccccc1)c1cccnc1-c1ccc2c(c1)CCCC2. The van der Waals surface area contributed by atoms with Crippen molar-refractivity contribution < 1.29 is 0 Å². The van der Waals surface area contributed by atoms with Gasteiger partial charge in [0.15, 0.2) is 0 Å². The molecule has 3 aromatic rings. The van der Waals surface area contributed by atoms with E-state index < -0.39 is 0 Å². The van der Waals surface area contributed by atoms with E-state index in [1.807, 2.05) is 6.20 Å². The van der Waals surface area contributed by atoms with Crippen molar-refractivity contribution in [3.63, 3.8) is 0 Å². The molecule has 0 spiro atoms. The third-order valence-corrected chi connectivity index (χ3v) is 5.60. The summed E-state index contributed by atoms with van der Waals surface area (Å²) >= 11 is 0. The summed E-state index contributed by atoms with van der Waals surface area (Å²) < 4.78 is 0. The first-order valence-corrected chi connectivity index (χ1v) is 9.29. The summed E-state index contributed by atoms with van der Waals surface area (Å²) in [6.07, 6.45) is 6.97. The monoisotopic (exact) mass is 327 g/mol. The van der Waals surface area contributed by atoms with E-state index in [4.69, 9.17) is 4.98 Å². The van der Waals surface area contributed by atoms with Crippen LogP contribution in [0, 0.1) is 0 Å². The first-order valence-electron chi connectivity index (χ1n) is 9.29. The maximum absolute atomic E-state index is 4.79. The summed E-state index contributed by atoms with van der Waals surface area (Å²) in [6.45, 7) is 4.59. The molecule has 1 nitrogen and oxygen atoms in total. The zero-order chi connectivity index (χ0) is 17.3. The predicted molar refractivity (Wildman–Crippen MR) is 105 cm³/mol. The average Bonchev–Trinajstić information content (AvgIpc) is 2.68. The third-order valence-electron chi connectivity index (χ3n) is 5.60. The standard InChI is InChI=1S/C24H25N/c1-24(2,21-11-4-3-5-12-21)22-13-8-16-25-23(22)20-15-14-18-9-6-7-10-19(18)17-20/h3-5,8,11-17H,6-7,9-10H2,1-2H3. The second kappa shape index (κ2) is 6.48. The lowest BCUT2D eigenvalue weighted by molar-refractivity contribution is 0.639. The van der Waals surface area contributed by atoms with Crippen LogP contribution in [0.3, 0.4) is 0 Å². The zero-order valence-electron chi connectivity index (χ0n) is 15.1. The van der Waals surface area contributed by atoms with Crippen molar-refractivity contribution in [3.05, 3.63) is 89.1 Å². The summed E-state index contributed by atoms with van der Waals surface area (Å²) in [4.78, 5) is 4.79. The van der Waals surface area contributed by atoms with Crippen LogP contribution in [0.15, 0.2) is 66.9 Å². The Labute approximate surface area is 150 Å².